The molecule has 0 saturated heterocycles. The Morgan fingerprint density at radius 3 is 1.83 bits per heavy atom. The zero-order valence-electron chi connectivity index (χ0n) is 17.2. The van der Waals surface area contributed by atoms with Crippen molar-refractivity contribution in [2.24, 2.45) is 0 Å². The van der Waals surface area contributed by atoms with Crippen molar-refractivity contribution in [1.29, 1.82) is 5.26 Å². The van der Waals surface area contributed by atoms with Crippen LogP contribution in [0.4, 0.5) is 5.69 Å². The Hall–Kier alpha value is -3.84. The first-order valence-electron chi connectivity index (χ1n) is 9.96. The zero-order chi connectivity index (χ0) is 21.3. The number of nitriles is 1. The Kier molecular flexibility index (Phi) is 7.02. The minimum Gasteiger partial charge on any atom is -0.360 e. The second kappa shape index (κ2) is 10.1. The molecule has 4 nitrogen and oxygen atoms in total. The molecule has 0 heterocycles. The Morgan fingerprint density at radius 1 is 0.833 bits per heavy atom. The van der Waals surface area contributed by atoms with E-state index in [9.17, 15) is 10.1 Å². The predicted octanol–water partition coefficient (Wildman–Crippen LogP) is 5.54. The van der Waals surface area contributed by atoms with Gasteiger partial charge in [0.15, 0.2) is 0 Å². The summed E-state index contributed by atoms with van der Waals surface area (Å²) in [6, 6.07) is 29.0. The number of anilines is 1. The zero-order valence-corrected chi connectivity index (χ0v) is 17.2. The molecule has 1 amide bonds. The van der Waals surface area contributed by atoms with Crippen LogP contribution in [0.1, 0.15) is 42.5 Å². The quantitative estimate of drug-likeness (QED) is 0.408. The first-order chi connectivity index (χ1) is 14.6. The molecular weight excluding hydrogens is 370 g/mol. The van der Waals surface area contributed by atoms with Crippen LogP contribution in [0.3, 0.4) is 0 Å². The largest absolute Gasteiger partial charge is 0.360 e. The number of benzene rings is 3. The van der Waals surface area contributed by atoms with Crippen molar-refractivity contribution in [2.75, 3.05) is 5.32 Å². The molecule has 0 bridgehead atoms. The normalized spacial score (nSPS) is 11.2. The second-order valence-electron chi connectivity index (χ2n) is 7.32. The summed E-state index contributed by atoms with van der Waals surface area (Å²) in [6.07, 6.45) is 1.45. The van der Waals surface area contributed by atoms with Crippen molar-refractivity contribution in [2.45, 2.75) is 25.8 Å². The van der Waals surface area contributed by atoms with Crippen molar-refractivity contribution in [1.82, 2.24) is 5.32 Å². The highest BCUT2D eigenvalue weighted by Crippen LogP contribution is 2.22. The van der Waals surface area contributed by atoms with Crippen LogP contribution in [0.15, 0.2) is 96.7 Å². The first-order valence-corrected chi connectivity index (χ1v) is 9.96. The lowest BCUT2D eigenvalue weighted by molar-refractivity contribution is -0.117. The second-order valence-corrected chi connectivity index (χ2v) is 7.32. The summed E-state index contributed by atoms with van der Waals surface area (Å²) in [7, 11) is 0. The summed E-state index contributed by atoms with van der Waals surface area (Å²) >= 11 is 0. The fourth-order valence-electron chi connectivity index (χ4n) is 3.13. The molecule has 0 atom stereocenters. The lowest BCUT2D eigenvalue weighted by atomic mass is 9.98. The van der Waals surface area contributed by atoms with Gasteiger partial charge in [0.2, 0.25) is 0 Å². The van der Waals surface area contributed by atoms with E-state index in [1.54, 1.807) is 0 Å². The predicted molar refractivity (Wildman–Crippen MR) is 121 cm³/mol. The standard InChI is InChI=1S/C26H25N3O/c1-19(2)20-13-15-24(16-14-20)28-18-23(17-27)26(30)29-25(21-9-5-3-6-10-21)22-11-7-4-8-12-22/h3-16,18-19,25,28H,1-2H3,(H,29,30)/b23-18-. The van der Waals surface area contributed by atoms with Crippen LogP contribution in [-0.2, 0) is 4.79 Å². The lowest BCUT2D eigenvalue weighted by Crippen LogP contribution is -2.30. The minimum absolute atomic E-state index is 0.0137. The number of carbonyl (C=O) groups is 1. The molecule has 150 valence electrons. The molecule has 0 radical (unpaired) electrons. The summed E-state index contributed by atoms with van der Waals surface area (Å²) in [6.45, 7) is 4.27. The molecule has 4 heteroatoms. The molecule has 0 saturated carbocycles. The Bertz CT molecular complexity index is 994. The first kappa shape index (κ1) is 20.9. The van der Waals surface area contributed by atoms with Crippen LogP contribution in [0.2, 0.25) is 0 Å². The average Bonchev–Trinajstić information content (AvgIpc) is 2.79. The molecule has 0 fully saturated rings. The van der Waals surface area contributed by atoms with Crippen LogP contribution in [-0.4, -0.2) is 5.91 Å². The molecule has 30 heavy (non-hydrogen) atoms. The lowest BCUT2D eigenvalue weighted by Gasteiger charge is -2.19. The molecular formula is C26H25N3O. The monoisotopic (exact) mass is 395 g/mol. The fourth-order valence-corrected chi connectivity index (χ4v) is 3.13. The van der Waals surface area contributed by atoms with Gasteiger partial charge in [0, 0.05) is 11.9 Å². The summed E-state index contributed by atoms with van der Waals surface area (Å²) in [5.41, 5.74) is 3.97. The van der Waals surface area contributed by atoms with E-state index in [4.69, 9.17) is 0 Å². The van der Waals surface area contributed by atoms with E-state index in [0.717, 1.165) is 16.8 Å². The van der Waals surface area contributed by atoms with E-state index >= 15 is 0 Å². The number of hydrogen-bond acceptors (Lipinski definition) is 3. The van der Waals surface area contributed by atoms with E-state index in [0.29, 0.717) is 5.92 Å². The highest BCUT2D eigenvalue weighted by molar-refractivity contribution is 5.98. The molecule has 0 spiro atoms. The van der Waals surface area contributed by atoms with Gasteiger partial charge in [-0.1, -0.05) is 86.6 Å². The molecule has 0 aliphatic rings. The van der Waals surface area contributed by atoms with E-state index in [-0.39, 0.29) is 11.6 Å². The van der Waals surface area contributed by atoms with Crippen LogP contribution in [0.5, 0.6) is 0 Å². The highest BCUT2D eigenvalue weighted by Gasteiger charge is 2.19. The Balaban J connectivity index is 1.78. The number of nitrogens with zero attached hydrogens (tertiary/aromatic N) is 1. The van der Waals surface area contributed by atoms with Crippen LogP contribution in [0, 0.1) is 11.3 Å². The maximum absolute atomic E-state index is 12.9. The topological polar surface area (TPSA) is 64.9 Å². The van der Waals surface area contributed by atoms with Gasteiger partial charge in [0.25, 0.3) is 5.91 Å². The van der Waals surface area contributed by atoms with Gasteiger partial charge in [-0.2, -0.15) is 5.26 Å². The summed E-state index contributed by atoms with van der Waals surface area (Å²) in [5.74, 6) is 0.0180. The van der Waals surface area contributed by atoms with Gasteiger partial charge in [0.05, 0.1) is 6.04 Å². The molecule has 3 aromatic rings. The van der Waals surface area contributed by atoms with Gasteiger partial charge in [-0.25, -0.2) is 0 Å². The van der Waals surface area contributed by atoms with Crippen molar-refractivity contribution in [3.8, 4) is 6.07 Å². The van der Waals surface area contributed by atoms with E-state index in [1.807, 2.05) is 91.0 Å². The summed E-state index contributed by atoms with van der Waals surface area (Å²) < 4.78 is 0. The maximum atomic E-state index is 12.9. The van der Waals surface area contributed by atoms with E-state index < -0.39 is 5.91 Å². The van der Waals surface area contributed by atoms with E-state index in [2.05, 4.69) is 24.5 Å². The van der Waals surface area contributed by atoms with Gasteiger partial charge in [-0.3, -0.25) is 4.79 Å². The Morgan fingerprint density at radius 2 is 1.37 bits per heavy atom. The third-order valence-corrected chi connectivity index (χ3v) is 4.87. The maximum Gasteiger partial charge on any atom is 0.264 e. The molecule has 3 aromatic carbocycles. The molecule has 0 aliphatic heterocycles. The molecule has 0 aromatic heterocycles. The third kappa shape index (κ3) is 5.36. The number of hydrogen-bond donors (Lipinski definition) is 2. The number of rotatable bonds is 7. The minimum atomic E-state index is -0.429. The van der Waals surface area contributed by atoms with Crippen LogP contribution >= 0.6 is 0 Å². The number of carbonyl (C=O) groups excluding carboxylic acids is 1. The fraction of sp³-hybridized carbons (Fsp3) is 0.154. The molecule has 0 unspecified atom stereocenters. The van der Waals surface area contributed by atoms with Gasteiger partial charge in [-0.15, -0.1) is 0 Å². The highest BCUT2D eigenvalue weighted by atomic mass is 16.1. The molecule has 0 aliphatic carbocycles. The average molecular weight is 396 g/mol. The van der Waals surface area contributed by atoms with Crippen LogP contribution < -0.4 is 10.6 Å². The van der Waals surface area contributed by atoms with Gasteiger partial charge >= 0.3 is 0 Å². The van der Waals surface area contributed by atoms with Crippen molar-refractivity contribution < 1.29 is 4.79 Å². The molecule has 3 rings (SSSR count). The molecule has 2 N–H and O–H groups in total. The number of amides is 1. The Labute approximate surface area is 177 Å². The van der Waals surface area contributed by atoms with Crippen molar-refractivity contribution in [3.63, 3.8) is 0 Å². The van der Waals surface area contributed by atoms with Crippen LogP contribution in [0.25, 0.3) is 0 Å². The van der Waals surface area contributed by atoms with Gasteiger partial charge in [-0.05, 0) is 34.7 Å². The van der Waals surface area contributed by atoms with Gasteiger partial charge in [0.1, 0.15) is 11.6 Å². The van der Waals surface area contributed by atoms with E-state index in [1.165, 1.54) is 11.8 Å². The summed E-state index contributed by atoms with van der Waals surface area (Å²) in [4.78, 5) is 12.9. The SMILES string of the molecule is CC(C)c1ccc(N/C=C(/C#N)C(=O)NC(c2ccccc2)c2ccccc2)cc1. The van der Waals surface area contributed by atoms with Gasteiger partial charge < -0.3 is 10.6 Å². The smallest absolute Gasteiger partial charge is 0.264 e. The number of nitrogens with one attached hydrogen (secondary N) is 2. The summed E-state index contributed by atoms with van der Waals surface area (Å²) in [5, 5.41) is 15.6. The third-order valence-electron chi connectivity index (χ3n) is 4.87. The van der Waals surface area contributed by atoms with Crippen molar-refractivity contribution >= 4 is 11.6 Å². The van der Waals surface area contributed by atoms with Crippen molar-refractivity contribution in [3.05, 3.63) is 113 Å².